The first-order valence-corrected chi connectivity index (χ1v) is 16.3. The fraction of sp³-hybridized carbons (Fsp3) is 0.929. The molecule has 33 heavy (non-hydrogen) atoms. The average Bonchev–Trinajstić information content (AvgIpc) is 2.84. The van der Waals surface area contributed by atoms with Crippen molar-refractivity contribution < 1.29 is 62.1 Å². The van der Waals surface area contributed by atoms with Crippen molar-refractivity contribution in [2.75, 3.05) is 77.6 Å². The highest BCUT2D eigenvalue weighted by atomic mass is 28.5. The molecule has 0 saturated carbocycles. The predicted octanol–water partition coefficient (Wildman–Crippen LogP) is 0.0994. The van der Waals surface area contributed by atoms with Crippen LogP contribution in [-0.4, -0.2) is 130 Å². The monoisotopic (exact) mass is 555 g/mol. The highest BCUT2D eigenvalue weighted by Crippen LogP contribution is 2.32. The van der Waals surface area contributed by atoms with Gasteiger partial charge in [-0.25, -0.2) is 4.79 Å². The van der Waals surface area contributed by atoms with Gasteiger partial charge in [0, 0.05) is 83.6 Å². The molecule has 0 aromatic rings. The van der Waals surface area contributed by atoms with Crippen molar-refractivity contribution in [1.29, 1.82) is 0 Å². The van der Waals surface area contributed by atoms with Crippen LogP contribution in [0.3, 0.4) is 0 Å². The summed E-state index contributed by atoms with van der Waals surface area (Å²) in [6.45, 7) is 0.116. The summed E-state index contributed by atoms with van der Waals surface area (Å²) in [4.78, 5) is 12.3. The number of carbonyl (C=O) groups is 1. The van der Waals surface area contributed by atoms with Crippen molar-refractivity contribution in [3.05, 3.63) is 0 Å². The third-order valence-corrected chi connectivity index (χ3v) is 16.6. The zero-order chi connectivity index (χ0) is 25.8. The molecule has 0 spiro atoms. The molecule has 1 N–H and O–H groups in total. The second-order valence-corrected chi connectivity index (χ2v) is 17.1. The van der Waals surface area contributed by atoms with E-state index in [0.717, 1.165) is 4.90 Å². The Labute approximate surface area is 199 Å². The molecule has 0 rings (SSSR count). The molecule has 0 aliphatic carbocycles. The van der Waals surface area contributed by atoms with Crippen LogP contribution in [0, 0.1) is 0 Å². The van der Waals surface area contributed by atoms with Crippen LogP contribution in [0.1, 0.15) is 6.42 Å². The molecule has 0 aromatic carbocycles. The molecule has 0 fully saturated rings. The smallest absolute Gasteiger partial charge is 0.465 e. The van der Waals surface area contributed by atoms with E-state index < -0.39 is 42.0 Å². The Morgan fingerprint density at radius 1 is 0.636 bits per heavy atom. The van der Waals surface area contributed by atoms with Gasteiger partial charge in [-0.2, -0.15) is 0 Å². The molecular weight excluding hydrogens is 518 g/mol. The van der Waals surface area contributed by atoms with Crippen molar-refractivity contribution in [1.82, 2.24) is 4.90 Å². The molecule has 0 heterocycles. The molecule has 0 radical (unpaired) electrons. The minimum absolute atomic E-state index is 0.00507. The third-order valence-electron chi connectivity index (χ3n) is 4.39. The second kappa shape index (κ2) is 14.9. The fourth-order valence-corrected chi connectivity index (χ4v) is 15.1. The summed E-state index contributed by atoms with van der Waals surface area (Å²) in [7, 11) is -2.26. The van der Waals surface area contributed by atoms with Crippen LogP contribution in [-0.2, 0) is 52.2 Å². The Bertz CT molecular complexity index is 484. The zero-order valence-corrected chi connectivity index (χ0v) is 24.8. The minimum atomic E-state index is -4.15. The van der Waals surface area contributed by atoms with E-state index in [4.69, 9.17) is 52.2 Å². The predicted molar refractivity (Wildman–Crippen MR) is 119 cm³/mol. The number of amides is 1. The molecule has 0 aliphatic heterocycles. The molecular formula is C14H37NO14Si4. The molecule has 0 unspecified atom stereocenters. The van der Waals surface area contributed by atoms with E-state index in [2.05, 4.69) is 0 Å². The van der Waals surface area contributed by atoms with E-state index in [9.17, 15) is 9.90 Å². The van der Waals surface area contributed by atoms with Gasteiger partial charge in [-0.15, -0.1) is 0 Å². The van der Waals surface area contributed by atoms with Crippen LogP contribution >= 0.6 is 0 Å². The highest BCUT2D eigenvalue weighted by Gasteiger charge is 2.65. The van der Waals surface area contributed by atoms with Crippen molar-refractivity contribution in [3.63, 3.8) is 0 Å². The van der Waals surface area contributed by atoms with Gasteiger partial charge in [0.05, 0.1) is 0 Å². The SMILES string of the molecule is CO[Si](OC)(OC)O[Si](CCCN(C)C(=O)O)(O[Si](OC)(OC)OC)O[Si](OC)(OC)OC. The number of carboxylic acid groups (broad SMARTS) is 1. The fourth-order valence-electron chi connectivity index (χ4n) is 2.54. The van der Waals surface area contributed by atoms with Gasteiger partial charge < -0.3 is 62.2 Å². The molecule has 198 valence electrons. The largest absolute Gasteiger partial charge is 0.671 e. The van der Waals surface area contributed by atoms with Gasteiger partial charge in [0.1, 0.15) is 0 Å². The van der Waals surface area contributed by atoms with Gasteiger partial charge in [-0.1, -0.05) is 0 Å². The maximum Gasteiger partial charge on any atom is 0.671 e. The van der Waals surface area contributed by atoms with E-state index in [1.165, 1.54) is 71.0 Å². The number of hydrogen-bond acceptors (Lipinski definition) is 13. The van der Waals surface area contributed by atoms with Crippen LogP contribution in [0.15, 0.2) is 0 Å². The van der Waals surface area contributed by atoms with E-state index >= 15 is 0 Å². The lowest BCUT2D eigenvalue weighted by atomic mass is 10.4. The Morgan fingerprint density at radius 2 is 0.909 bits per heavy atom. The van der Waals surface area contributed by atoms with Crippen LogP contribution in [0.25, 0.3) is 0 Å². The zero-order valence-electron chi connectivity index (χ0n) is 20.8. The number of hydrogen-bond donors (Lipinski definition) is 1. The topological polar surface area (TPSA) is 151 Å². The maximum absolute atomic E-state index is 11.2. The van der Waals surface area contributed by atoms with Gasteiger partial charge in [-0.3, -0.25) is 0 Å². The van der Waals surface area contributed by atoms with Gasteiger partial charge in [-0.05, 0) is 6.42 Å². The van der Waals surface area contributed by atoms with Crippen molar-refractivity contribution in [3.8, 4) is 0 Å². The Kier molecular flexibility index (Phi) is 14.8. The van der Waals surface area contributed by atoms with Crippen LogP contribution in [0.2, 0.25) is 6.04 Å². The second-order valence-electron chi connectivity index (χ2n) is 6.13. The molecule has 0 saturated heterocycles. The summed E-state index contributed by atoms with van der Waals surface area (Å²) < 4.78 is 67.4. The molecule has 0 aliphatic rings. The first-order valence-electron chi connectivity index (χ1n) is 9.50. The Hall–Kier alpha value is -0.342. The quantitative estimate of drug-likeness (QED) is 0.214. The summed E-state index contributed by atoms with van der Waals surface area (Å²) in [5.74, 6) is 0. The summed E-state index contributed by atoms with van der Waals surface area (Å²) in [6, 6.07) is 0.00507. The lowest BCUT2D eigenvalue weighted by molar-refractivity contribution is -0.0261. The summed E-state index contributed by atoms with van der Waals surface area (Å²) in [5.41, 5.74) is 0. The molecule has 0 aromatic heterocycles. The Balaban J connectivity index is 6.60. The summed E-state index contributed by atoms with van der Waals surface area (Å²) in [5, 5.41) is 9.20. The maximum atomic E-state index is 11.2. The lowest BCUT2D eigenvalue weighted by Crippen LogP contribution is -2.69. The van der Waals surface area contributed by atoms with Crippen molar-refractivity contribution in [2.45, 2.75) is 12.5 Å². The van der Waals surface area contributed by atoms with E-state index in [-0.39, 0.29) is 19.0 Å². The van der Waals surface area contributed by atoms with Gasteiger partial charge in [0.25, 0.3) is 0 Å². The molecule has 19 heteroatoms. The molecule has 15 nitrogen and oxygen atoms in total. The highest BCUT2D eigenvalue weighted by molar-refractivity contribution is 6.82. The van der Waals surface area contributed by atoms with E-state index in [0.29, 0.717) is 0 Å². The minimum Gasteiger partial charge on any atom is -0.465 e. The summed E-state index contributed by atoms with van der Waals surface area (Å²) >= 11 is 0. The first kappa shape index (κ1) is 32.7. The van der Waals surface area contributed by atoms with Crippen molar-refractivity contribution in [2.24, 2.45) is 0 Å². The lowest BCUT2D eigenvalue weighted by Gasteiger charge is -2.41. The first-order chi connectivity index (χ1) is 15.5. The molecule has 0 bridgehead atoms. The number of rotatable bonds is 19. The Morgan fingerprint density at radius 3 is 1.12 bits per heavy atom. The third kappa shape index (κ3) is 8.99. The molecule has 1 amide bonds. The summed E-state index contributed by atoms with van der Waals surface area (Å²) in [6.07, 6.45) is -0.886. The van der Waals surface area contributed by atoms with Crippen LogP contribution in [0.5, 0.6) is 0 Å². The van der Waals surface area contributed by atoms with Crippen molar-refractivity contribution >= 4 is 42.0 Å². The van der Waals surface area contributed by atoms with Gasteiger partial charge in [0.15, 0.2) is 0 Å². The number of nitrogens with zero attached hydrogens (tertiary/aromatic N) is 1. The van der Waals surface area contributed by atoms with E-state index in [1.54, 1.807) is 0 Å². The normalized spacial score (nSPS) is 13.4. The average molecular weight is 556 g/mol. The van der Waals surface area contributed by atoms with Gasteiger partial charge in [0.2, 0.25) is 0 Å². The standard InChI is InChI=1S/C14H37NO14Si4/c1-15(14(16)17)12-11-13-30(27-31(18-2,19-3)20-4,28-32(21-5,22-6)23-7)29-33(24-8,25-9)26-10/h11-13H2,1-10H3,(H,16,17). The van der Waals surface area contributed by atoms with Crippen LogP contribution in [0.4, 0.5) is 4.79 Å². The van der Waals surface area contributed by atoms with Crippen LogP contribution < -0.4 is 0 Å². The molecule has 0 atom stereocenters. The van der Waals surface area contributed by atoms with Gasteiger partial charge >= 0.3 is 42.0 Å². The van der Waals surface area contributed by atoms with E-state index in [1.807, 2.05) is 0 Å².